The molecule has 3 N–H and O–H groups in total. The molecule has 0 aliphatic heterocycles. The molecule has 0 saturated carbocycles. The molecule has 0 unspecified atom stereocenters. The standard InChI is InChI=1S/C12H12N2O5S/c1-6-9(10(16)13-7(5-15)12(17)18)14-11(20-6)8-3-2-4-19-8/h2-4,7,15H,5H2,1H3,(H,13,16)(H,17,18)/t7-/m1/s1. The fourth-order valence-corrected chi connectivity index (χ4v) is 2.40. The molecule has 0 fully saturated rings. The number of carboxylic acid groups (broad SMARTS) is 1. The molecule has 0 radical (unpaired) electrons. The van der Waals surface area contributed by atoms with Gasteiger partial charge in [-0.05, 0) is 19.1 Å². The SMILES string of the molecule is Cc1sc(-c2ccco2)nc1C(=O)N[C@H](CO)C(=O)O. The number of aromatic nitrogens is 1. The molecule has 0 aliphatic rings. The van der Waals surface area contributed by atoms with Crippen LogP contribution in [-0.4, -0.2) is 39.7 Å². The first-order valence-electron chi connectivity index (χ1n) is 5.68. The zero-order chi connectivity index (χ0) is 14.7. The van der Waals surface area contributed by atoms with E-state index in [-0.39, 0.29) is 5.69 Å². The maximum atomic E-state index is 12.0. The highest BCUT2D eigenvalue weighted by atomic mass is 32.1. The number of hydrogen-bond donors (Lipinski definition) is 3. The maximum absolute atomic E-state index is 12.0. The van der Waals surface area contributed by atoms with Crippen LogP contribution in [0, 0.1) is 6.92 Å². The summed E-state index contributed by atoms with van der Waals surface area (Å²) in [4.78, 5) is 27.5. The number of carboxylic acids is 1. The van der Waals surface area contributed by atoms with E-state index in [1.807, 2.05) is 0 Å². The van der Waals surface area contributed by atoms with Crippen molar-refractivity contribution in [3.05, 3.63) is 29.0 Å². The van der Waals surface area contributed by atoms with Crippen molar-refractivity contribution in [2.45, 2.75) is 13.0 Å². The fourth-order valence-electron chi connectivity index (χ4n) is 1.52. The highest BCUT2D eigenvalue weighted by molar-refractivity contribution is 7.15. The Morgan fingerprint density at radius 2 is 2.30 bits per heavy atom. The molecule has 20 heavy (non-hydrogen) atoms. The number of thiazole rings is 1. The van der Waals surface area contributed by atoms with Gasteiger partial charge in [0.2, 0.25) is 0 Å². The molecule has 2 aromatic heterocycles. The van der Waals surface area contributed by atoms with E-state index in [0.717, 1.165) is 0 Å². The number of aliphatic hydroxyl groups excluding tert-OH is 1. The highest BCUT2D eigenvalue weighted by Crippen LogP contribution is 2.27. The van der Waals surface area contributed by atoms with Crippen LogP contribution in [0.3, 0.4) is 0 Å². The van der Waals surface area contributed by atoms with Gasteiger partial charge in [-0.1, -0.05) is 0 Å². The summed E-state index contributed by atoms with van der Waals surface area (Å²) in [7, 11) is 0. The van der Waals surface area contributed by atoms with E-state index in [2.05, 4.69) is 10.3 Å². The van der Waals surface area contributed by atoms with Gasteiger partial charge in [-0.25, -0.2) is 9.78 Å². The molecule has 2 rings (SSSR count). The summed E-state index contributed by atoms with van der Waals surface area (Å²) in [5.41, 5.74) is 0.126. The van der Waals surface area contributed by atoms with Crippen LogP contribution in [0.15, 0.2) is 22.8 Å². The summed E-state index contributed by atoms with van der Waals surface area (Å²) < 4.78 is 5.19. The molecule has 0 spiro atoms. The average molecular weight is 296 g/mol. The Morgan fingerprint density at radius 1 is 1.55 bits per heavy atom. The zero-order valence-electron chi connectivity index (χ0n) is 10.5. The molecule has 7 nitrogen and oxygen atoms in total. The number of aliphatic hydroxyl groups is 1. The quantitative estimate of drug-likeness (QED) is 0.755. The highest BCUT2D eigenvalue weighted by Gasteiger charge is 2.23. The molecule has 2 heterocycles. The van der Waals surface area contributed by atoms with Gasteiger partial charge in [0.15, 0.2) is 16.8 Å². The van der Waals surface area contributed by atoms with Crippen LogP contribution >= 0.6 is 11.3 Å². The van der Waals surface area contributed by atoms with Crippen molar-refractivity contribution >= 4 is 23.2 Å². The molecule has 0 saturated heterocycles. The summed E-state index contributed by atoms with van der Waals surface area (Å²) in [5.74, 6) is -1.41. The Labute approximate surface area is 117 Å². The number of carbonyl (C=O) groups excluding carboxylic acids is 1. The van der Waals surface area contributed by atoms with Crippen LogP contribution in [-0.2, 0) is 4.79 Å². The molecule has 0 aromatic carbocycles. The Hall–Kier alpha value is -2.19. The molecule has 2 aromatic rings. The first-order chi connectivity index (χ1) is 9.52. The number of nitrogens with one attached hydrogen (secondary N) is 1. The van der Waals surface area contributed by atoms with Gasteiger partial charge in [0.05, 0.1) is 12.9 Å². The second-order valence-electron chi connectivity index (χ2n) is 3.95. The summed E-state index contributed by atoms with van der Waals surface area (Å²) in [6, 6.07) is 2.07. The molecule has 1 amide bonds. The molecule has 0 aliphatic carbocycles. The average Bonchev–Trinajstić information content (AvgIpc) is 3.03. The summed E-state index contributed by atoms with van der Waals surface area (Å²) in [6.45, 7) is 1.02. The minimum Gasteiger partial charge on any atom is -0.480 e. The largest absolute Gasteiger partial charge is 0.480 e. The van der Waals surface area contributed by atoms with Crippen LogP contribution in [0.2, 0.25) is 0 Å². The number of carbonyl (C=O) groups is 2. The molecule has 106 valence electrons. The first-order valence-corrected chi connectivity index (χ1v) is 6.50. The van der Waals surface area contributed by atoms with Gasteiger partial charge in [0, 0.05) is 4.88 Å². The van der Waals surface area contributed by atoms with Gasteiger partial charge >= 0.3 is 5.97 Å². The smallest absolute Gasteiger partial charge is 0.328 e. The number of nitrogens with zero attached hydrogens (tertiary/aromatic N) is 1. The number of furan rings is 1. The van der Waals surface area contributed by atoms with Crippen molar-refractivity contribution < 1.29 is 24.2 Å². The Kier molecular flexibility index (Phi) is 4.16. The van der Waals surface area contributed by atoms with Crippen molar-refractivity contribution in [1.29, 1.82) is 0 Å². The Bertz CT molecular complexity index is 620. The van der Waals surface area contributed by atoms with Crippen molar-refractivity contribution in [3.63, 3.8) is 0 Å². The predicted molar refractivity (Wildman–Crippen MR) is 70.5 cm³/mol. The van der Waals surface area contributed by atoms with Gasteiger partial charge in [0.25, 0.3) is 5.91 Å². The monoisotopic (exact) mass is 296 g/mol. The number of aryl methyl sites for hydroxylation is 1. The number of amides is 1. The normalized spacial score (nSPS) is 12.1. The Balaban J connectivity index is 2.21. The summed E-state index contributed by atoms with van der Waals surface area (Å²) >= 11 is 1.27. The number of hydrogen-bond acceptors (Lipinski definition) is 6. The predicted octanol–water partition coefficient (Wildman–Crippen LogP) is 0.887. The molecule has 1 atom stereocenters. The van der Waals surface area contributed by atoms with E-state index in [1.54, 1.807) is 19.1 Å². The molecular weight excluding hydrogens is 284 g/mol. The summed E-state index contributed by atoms with van der Waals surface area (Å²) in [6.07, 6.45) is 1.50. The van der Waals surface area contributed by atoms with Crippen LogP contribution in [0.1, 0.15) is 15.4 Å². The van der Waals surface area contributed by atoms with E-state index in [4.69, 9.17) is 14.6 Å². The third-order valence-electron chi connectivity index (χ3n) is 2.53. The van der Waals surface area contributed by atoms with Gasteiger partial charge in [-0.3, -0.25) is 4.79 Å². The maximum Gasteiger partial charge on any atom is 0.328 e. The first kappa shape index (κ1) is 14.2. The molecule has 8 heteroatoms. The lowest BCUT2D eigenvalue weighted by Gasteiger charge is -2.10. The van der Waals surface area contributed by atoms with E-state index in [1.165, 1.54) is 17.6 Å². The van der Waals surface area contributed by atoms with E-state index >= 15 is 0 Å². The zero-order valence-corrected chi connectivity index (χ0v) is 11.3. The van der Waals surface area contributed by atoms with Gasteiger partial charge in [-0.15, -0.1) is 11.3 Å². The lowest BCUT2D eigenvalue weighted by atomic mass is 10.3. The van der Waals surface area contributed by atoms with Crippen LogP contribution in [0.5, 0.6) is 0 Å². The summed E-state index contributed by atoms with van der Waals surface area (Å²) in [5, 5.41) is 20.4. The third-order valence-corrected chi connectivity index (χ3v) is 3.51. The van der Waals surface area contributed by atoms with Gasteiger partial charge < -0.3 is 19.9 Å². The van der Waals surface area contributed by atoms with Crippen molar-refractivity contribution in [1.82, 2.24) is 10.3 Å². The van der Waals surface area contributed by atoms with Crippen LogP contribution in [0.4, 0.5) is 0 Å². The van der Waals surface area contributed by atoms with Crippen molar-refractivity contribution in [2.75, 3.05) is 6.61 Å². The van der Waals surface area contributed by atoms with E-state index in [9.17, 15) is 9.59 Å². The van der Waals surface area contributed by atoms with Crippen molar-refractivity contribution in [2.24, 2.45) is 0 Å². The minimum absolute atomic E-state index is 0.126. The Morgan fingerprint density at radius 3 is 2.85 bits per heavy atom. The number of aliphatic carboxylic acids is 1. The molecular formula is C12H12N2O5S. The van der Waals surface area contributed by atoms with Crippen molar-refractivity contribution in [3.8, 4) is 10.8 Å². The lowest BCUT2D eigenvalue weighted by Crippen LogP contribution is -2.43. The number of rotatable bonds is 5. The molecule has 0 bridgehead atoms. The second-order valence-corrected chi connectivity index (χ2v) is 5.15. The lowest BCUT2D eigenvalue weighted by molar-refractivity contribution is -0.140. The fraction of sp³-hybridized carbons (Fsp3) is 0.250. The van der Waals surface area contributed by atoms with E-state index in [0.29, 0.717) is 15.6 Å². The van der Waals surface area contributed by atoms with Gasteiger partial charge in [0.1, 0.15) is 5.69 Å². The van der Waals surface area contributed by atoms with Gasteiger partial charge in [-0.2, -0.15) is 0 Å². The third kappa shape index (κ3) is 2.86. The second kappa shape index (κ2) is 5.85. The van der Waals surface area contributed by atoms with Crippen LogP contribution in [0.25, 0.3) is 10.8 Å². The topological polar surface area (TPSA) is 113 Å². The van der Waals surface area contributed by atoms with E-state index < -0.39 is 24.5 Å². The van der Waals surface area contributed by atoms with Crippen LogP contribution < -0.4 is 5.32 Å². The minimum atomic E-state index is -1.35.